The van der Waals surface area contributed by atoms with Crippen LogP contribution in [0.4, 0.5) is 10.1 Å². The number of rotatable bonds is 6. The second-order valence-corrected chi connectivity index (χ2v) is 8.71. The summed E-state index contributed by atoms with van der Waals surface area (Å²) in [6.45, 7) is 2.17. The van der Waals surface area contributed by atoms with Crippen LogP contribution in [0.1, 0.15) is 12.0 Å². The maximum Gasteiger partial charge on any atom is 0.262 e. The fourth-order valence-corrected chi connectivity index (χ4v) is 4.61. The summed E-state index contributed by atoms with van der Waals surface area (Å²) in [6.07, 6.45) is 4.70. The molecule has 5 aromatic rings. The SMILES string of the molecule is Cc1ccc(-c2csc3ncn(CCC(=O)Nc4ccc(-n5cccn5)c(F)c4)c(=O)c23)cc1. The fourth-order valence-electron chi connectivity index (χ4n) is 3.70. The average molecular weight is 474 g/mol. The molecule has 3 aromatic heterocycles. The van der Waals surface area contributed by atoms with Gasteiger partial charge in [0.2, 0.25) is 5.91 Å². The predicted octanol–water partition coefficient (Wildman–Crippen LogP) is 4.79. The lowest BCUT2D eigenvalue weighted by Gasteiger charge is -2.09. The smallest absolute Gasteiger partial charge is 0.262 e. The van der Waals surface area contributed by atoms with Gasteiger partial charge in [-0.2, -0.15) is 5.10 Å². The Morgan fingerprint density at radius 3 is 2.74 bits per heavy atom. The Kier molecular flexibility index (Phi) is 5.77. The number of thiophene rings is 1. The first kappa shape index (κ1) is 21.7. The number of aromatic nitrogens is 4. The largest absolute Gasteiger partial charge is 0.326 e. The van der Waals surface area contributed by atoms with E-state index < -0.39 is 5.82 Å². The first-order valence-electron chi connectivity index (χ1n) is 10.6. The lowest BCUT2D eigenvalue weighted by molar-refractivity contribution is -0.116. The molecule has 1 N–H and O–H groups in total. The minimum absolute atomic E-state index is 0.0413. The number of benzene rings is 2. The molecule has 0 fully saturated rings. The summed E-state index contributed by atoms with van der Waals surface area (Å²) in [5.74, 6) is -0.837. The van der Waals surface area contributed by atoms with Crippen molar-refractivity contribution in [2.45, 2.75) is 19.9 Å². The molecule has 0 radical (unpaired) electrons. The van der Waals surface area contributed by atoms with Gasteiger partial charge < -0.3 is 5.32 Å². The Labute approximate surface area is 198 Å². The van der Waals surface area contributed by atoms with Crippen molar-refractivity contribution < 1.29 is 9.18 Å². The molecular weight excluding hydrogens is 453 g/mol. The number of hydrogen-bond acceptors (Lipinski definition) is 5. The summed E-state index contributed by atoms with van der Waals surface area (Å²) >= 11 is 1.42. The average Bonchev–Trinajstić information content (AvgIpc) is 3.50. The van der Waals surface area contributed by atoms with Crippen molar-refractivity contribution in [3.05, 3.63) is 94.4 Å². The summed E-state index contributed by atoms with van der Waals surface area (Å²) in [7, 11) is 0. The first-order chi connectivity index (χ1) is 16.5. The van der Waals surface area contributed by atoms with Crippen LogP contribution < -0.4 is 10.9 Å². The third-order valence-electron chi connectivity index (χ3n) is 5.49. The van der Waals surface area contributed by atoms with E-state index in [-0.39, 0.29) is 30.1 Å². The summed E-state index contributed by atoms with van der Waals surface area (Å²) < 4.78 is 17.3. The molecule has 0 aliphatic carbocycles. The number of hydrogen-bond donors (Lipinski definition) is 1. The molecule has 0 saturated heterocycles. The van der Waals surface area contributed by atoms with Gasteiger partial charge in [0, 0.05) is 42.0 Å². The maximum atomic E-state index is 14.4. The Morgan fingerprint density at radius 2 is 2.00 bits per heavy atom. The van der Waals surface area contributed by atoms with Crippen LogP contribution in [0.3, 0.4) is 0 Å². The van der Waals surface area contributed by atoms with Crippen LogP contribution in [0.15, 0.2) is 77.4 Å². The van der Waals surface area contributed by atoms with Crippen LogP contribution >= 0.6 is 11.3 Å². The molecule has 34 heavy (non-hydrogen) atoms. The molecule has 0 bridgehead atoms. The van der Waals surface area contributed by atoms with Crippen LogP contribution in [-0.2, 0) is 11.3 Å². The van der Waals surface area contributed by atoms with Gasteiger partial charge in [-0.25, -0.2) is 14.1 Å². The molecular formula is C25H20FN5O2S. The zero-order valence-corrected chi connectivity index (χ0v) is 19.1. The van der Waals surface area contributed by atoms with Crippen LogP contribution in [0, 0.1) is 12.7 Å². The second-order valence-electron chi connectivity index (χ2n) is 7.85. The number of carbonyl (C=O) groups excluding carboxylic acids is 1. The number of halogens is 1. The van der Waals surface area contributed by atoms with Crippen LogP contribution in [0.2, 0.25) is 0 Å². The predicted molar refractivity (Wildman–Crippen MR) is 131 cm³/mol. The number of carbonyl (C=O) groups is 1. The Balaban J connectivity index is 1.31. The van der Waals surface area contributed by atoms with E-state index in [1.54, 1.807) is 30.6 Å². The van der Waals surface area contributed by atoms with Crippen molar-refractivity contribution in [2.75, 3.05) is 5.32 Å². The number of fused-ring (bicyclic) bond motifs is 1. The molecule has 1 amide bonds. The van der Waals surface area contributed by atoms with Gasteiger partial charge in [0.15, 0.2) is 5.82 Å². The zero-order chi connectivity index (χ0) is 23.7. The van der Waals surface area contributed by atoms with E-state index in [0.717, 1.165) is 16.7 Å². The van der Waals surface area contributed by atoms with Gasteiger partial charge in [-0.05, 0) is 36.8 Å². The number of nitrogens with zero attached hydrogens (tertiary/aromatic N) is 4. The van der Waals surface area contributed by atoms with Gasteiger partial charge in [-0.1, -0.05) is 29.8 Å². The number of aryl methyl sites for hydroxylation is 2. The summed E-state index contributed by atoms with van der Waals surface area (Å²) in [6, 6.07) is 14.1. The third kappa shape index (κ3) is 4.25. The van der Waals surface area contributed by atoms with Crippen molar-refractivity contribution in [1.29, 1.82) is 0 Å². The first-order valence-corrected chi connectivity index (χ1v) is 11.5. The number of amides is 1. The molecule has 9 heteroatoms. The van der Waals surface area contributed by atoms with E-state index in [1.807, 2.05) is 36.6 Å². The van der Waals surface area contributed by atoms with Crippen LogP contribution in [0.25, 0.3) is 27.0 Å². The monoisotopic (exact) mass is 473 g/mol. The van der Waals surface area contributed by atoms with E-state index in [9.17, 15) is 14.0 Å². The second kappa shape index (κ2) is 9.03. The molecule has 0 aliphatic heterocycles. The van der Waals surface area contributed by atoms with Gasteiger partial charge >= 0.3 is 0 Å². The molecule has 5 rings (SSSR count). The van der Waals surface area contributed by atoms with E-state index in [4.69, 9.17) is 0 Å². The highest BCUT2D eigenvalue weighted by molar-refractivity contribution is 7.17. The Hall–Kier alpha value is -4.11. The van der Waals surface area contributed by atoms with Gasteiger partial charge in [0.1, 0.15) is 10.5 Å². The quantitative estimate of drug-likeness (QED) is 0.385. The lowest BCUT2D eigenvalue weighted by Crippen LogP contribution is -2.23. The number of nitrogens with one attached hydrogen (secondary N) is 1. The molecule has 2 aromatic carbocycles. The van der Waals surface area contributed by atoms with Crippen molar-refractivity contribution in [1.82, 2.24) is 19.3 Å². The van der Waals surface area contributed by atoms with Crippen molar-refractivity contribution in [3.8, 4) is 16.8 Å². The van der Waals surface area contributed by atoms with E-state index in [2.05, 4.69) is 15.4 Å². The van der Waals surface area contributed by atoms with Gasteiger partial charge in [-0.15, -0.1) is 11.3 Å². The summed E-state index contributed by atoms with van der Waals surface area (Å²) in [5.41, 5.74) is 3.36. The molecule has 0 saturated carbocycles. The molecule has 170 valence electrons. The minimum Gasteiger partial charge on any atom is -0.326 e. The fraction of sp³-hybridized carbons (Fsp3) is 0.120. The van der Waals surface area contributed by atoms with Crippen molar-refractivity contribution >= 4 is 33.1 Å². The van der Waals surface area contributed by atoms with E-state index in [1.165, 1.54) is 33.0 Å². The van der Waals surface area contributed by atoms with E-state index >= 15 is 0 Å². The Bertz CT molecular complexity index is 1540. The van der Waals surface area contributed by atoms with Gasteiger partial charge in [0.25, 0.3) is 5.56 Å². The molecule has 0 spiro atoms. The third-order valence-corrected chi connectivity index (χ3v) is 6.37. The van der Waals surface area contributed by atoms with Crippen LogP contribution in [-0.4, -0.2) is 25.2 Å². The van der Waals surface area contributed by atoms with Crippen molar-refractivity contribution in [3.63, 3.8) is 0 Å². The van der Waals surface area contributed by atoms with Crippen molar-refractivity contribution in [2.24, 2.45) is 0 Å². The standard InChI is InChI=1S/C25H20FN5O2S/c1-16-3-5-17(6-4-16)19-14-34-24-23(19)25(33)30(15-27-24)12-9-22(32)29-18-7-8-21(20(26)13-18)31-11-2-10-28-31/h2-8,10-11,13-15H,9,12H2,1H3,(H,29,32). The van der Waals surface area contributed by atoms with Gasteiger partial charge in [-0.3, -0.25) is 14.2 Å². The minimum atomic E-state index is -0.506. The topological polar surface area (TPSA) is 81.8 Å². The maximum absolute atomic E-state index is 14.4. The lowest BCUT2D eigenvalue weighted by atomic mass is 10.1. The summed E-state index contributed by atoms with van der Waals surface area (Å²) in [4.78, 5) is 30.7. The van der Waals surface area contributed by atoms with E-state index in [0.29, 0.717) is 15.9 Å². The molecule has 3 heterocycles. The highest BCUT2D eigenvalue weighted by Gasteiger charge is 2.14. The van der Waals surface area contributed by atoms with Gasteiger partial charge in [0.05, 0.1) is 11.7 Å². The molecule has 7 nitrogen and oxygen atoms in total. The number of anilines is 1. The Morgan fingerprint density at radius 1 is 1.18 bits per heavy atom. The highest BCUT2D eigenvalue weighted by Crippen LogP contribution is 2.30. The zero-order valence-electron chi connectivity index (χ0n) is 18.2. The molecule has 0 atom stereocenters. The molecule has 0 unspecified atom stereocenters. The molecule has 0 aliphatic rings. The highest BCUT2D eigenvalue weighted by atomic mass is 32.1. The summed E-state index contributed by atoms with van der Waals surface area (Å²) in [5, 5.41) is 9.17. The normalized spacial score (nSPS) is 11.1. The van der Waals surface area contributed by atoms with Crippen LogP contribution in [0.5, 0.6) is 0 Å².